The highest BCUT2D eigenvalue weighted by atomic mass is 19.1. The van der Waals surface area contributed by atoms with Gasteiger partial charge in [0.25, 0.3) is 0 Å². The molecule has 0 bridgehead atoms. The molecule has 1 N–H and O–H groups in total. The van der Waals surface area contributed by atoms with Crippen LogP contribution in [0, 0.1) is 5.92 Å². The number of hydrogen-bond acceptors (Lipinski definition) is 2. The first-order valence-electron chi connectivity index (χ1n) is 7.40. The third-order valence-electron chi connectivity index (χ3n) is 3.73. The molecule has 0 amide bonds. The van der Waals surface area contributed by atoms with Crippen molar-refractivity contribution in [2.45, 2.75) is 18.9 Å². The highest BCUT2D eigenvalue weighted by Crippen LogP contribution is 2.32. The number of nitrogens with one attached hydrogen (secondary N) is 1. The van der Waals surface area contributed by atoms with Crippen molar-refractivity contribution in [3.63, 3.8) is 0 Å². The van der Waals surface area contributed by atoms with Crippen LogP contribution in [-0.2, 0) is 4.74 Å². The van der Waals surface area contributed by atoms with Crippen LogP contribution in [0.2, 0.25) is 0 Å². The zero-order valence-corrected chi connectivity index (χ0v) is 12.2. The van der Waals surface area contributed by atoms with Crippen molar-refractivity contribution in [2.24, 2.45) is 5.92 Å². The molecule has 0 aromatic heterocycles. The van der Waals surface area contributed by atoms with E-state index in [0.717, 1.165) is 31.5 Å². The van der Waals surface area contributed by atoms with E-state index in [9.17, 15) is 4.39 Å². The summed E-state index contributed by atoms with van der Waals surface area (Å²) in [6.07, 6.45) is 4.82. The maximum atomic E-state index is 13.3. The van der Waals surface area contributed by atoms with E-state index in [-0.39, 0.29) is 18.5 Å². The summed E-state index contributed by atoms with van der Waals surface area (Å²) in [5, 5.41) is 3.36. The summed E-state index contributed by atoms with van der Waals surface area (Å²) in [6, 6.07) is 10.2. The smallest absolute Gasteiger partial charge is 0.129 e. The summed E-state index contributed by atoms with van der Waals surface area (Å²) in [6.45, 7) is 5.64. The minimum atomic E-state index is -0.359. The Bertz CT molecular complexity index is 499. The van der Waals surface area contributed by atoms with E-state index in [1.54, 1.807) is 0 Å². The van der Waals surface area contributed by atoms with Gasteiger partial charge >= 0.3 is 0 Å². The molecule has 1 aromatic carbocycles. The lowest BCUT2D eigenvalue weighted by Gasteiger charge is -2.30. The standard InChI is InChI=1S/C18H22FNO/c1-2-6-17(19)11-14-21-18(15-7-4-3-5-8-15)16-9-12-20-13-10-16/h3-8,11,16,18,20H,1,9-10,12-14H2/b17-11+. The van der Waals surface area contributed by atoms with Crippen LogP contribution in [0.15, 0.2) is 60.6 Å². The molecule has 0 saturated carbocycles. The molecule has 1 fully saturated rings. The molecule has 1 aliphatic heterocycles. The van der Waals surface area contributed by atoms with Crippen molar-refractivity contribution in [1.82, 2.24) is 5.32 Å². The van der Waals surface area contributed by atoms with Crippen LogP contribution in [0.25, 0.3) is 0 Å². The lowest BCUT2D eigenvalue weighted by Crippen LogP contribution is -2.31. The lowest BCUT2D eigenvalue weighted by molar-refractivity contribution is 0.0162. The Labute approximate surface area is 126 Å². The minimum absolute atomic E-state index is 0.0186. The average Bonchev–Trinajstić information content (AvgIpc) is 2.53. The van der Waals surface area contributed by atoms with Gasteiger partial charge in [0.05, 0.1) is 12.7 Å². The van der Waals surface area contributed by atoms with Crippen molar-refractivity contribution >= 4 is 0 Å². The molecule has 1 aliphatic rings. The zero-order chi connectivity index (χ0) is 14.9. The van der Waals surface area contributed by atoms with Crippen molar-refractivity contribution in [3.8, 4) is 0 Å². The number of halogens is 1. The second kappa shape index (κ2) is 8.58. The van der Waals surface area contributed by atoms with E-state index in [2.05, 4.69) is 29.8 Å². The van der Waals surface area contributed by atoms with Gasteiger partial charge in [0.1, 0.15) is 5.83 Å². The van der Waals surface area contributed by atoms with E-state index in [1.807, 2.05) is 18.2 Å². The van der Waals surface area contributed by atoms with E-state index < -0.39 is 0 Å². The largest absolute Gasteiger partial charge is 0.369 e. The van der Waals surface area contributed by atoms with Crippen LogP contribution < -0.4 is 5.32 Å². The van der Waals surface area contributed by atoms with Gasteiger partial charge in [-0.25, -0.2) is 4.39 Å². The number of hydrogen-bond donors (Lipinski definition) is 1. The SMILES string of the molecule is C=C=C/C(F)=C\COC(c1ccccc1)C1CCNCC1. The van der Waals surface area contributed by atoms with Gasteiger partial charge in [-0.3, -0.25) is 0 Å². The quantitative estimate of drug-likeness (QED) is 0.632. The predicted octanol–water partition coefficient (Wildman–Crippen LogP) is 3.94. The number of allylic oxidation sites excluding steroid dienone is 2. The maximum Gasteiger partial charge on any atom is 0.129 e. The highest BCUT2D eigenvalue weighted by molar-refractivity contribution is 5.19. The molecule has 2 nitrogen and oxygen atoms in total. The number of piperidine rings is 1. The Balaban J connectivity index is 2.05. The fourth-order valence-electron chi connectivity index (χ4n) is 2.68. The van der Waals surface area contributed by atoms with Gasteiger partial charge < -0.3 is 10.1 Å². The van der Waals surface area contributed by atoms with Crippen molar-refractivity contribution in [3.05, 3.63) is 66.2 Å². The fraction of sp³-hybridized carbons (Fsp3) is 0.389. The Hall–Kier alpha value is -1.67. The monoisotopic (exact) mass is 287 g/mol. The molecular weight excluding hydrogens is 265 g/mol. The molecule has 3 heteroatoms. The number of ether oxygens (including phenoxy) is 1. The van der Waals surface area contributed by atoms with Crippen LogP contribution in [0.3, 0.4) is 0 Å². The lowest BCUT2D eigenvalue weighted by atomic mass is 9.88. The zero-order valence-electron chi connectivity index (χ0n) is 12.2. The summed E-state index contributed by atoms with van der Waals surface area (Å²) in [5.74, 6) is 0.113. The molecule has 21 heavy (non-hydrogen) atoms. The summed E-state index contributed by atoms with van der Waals surface area (Å²) >= 11 is 0. The van der Waals surface area contributed by atoms with Gasteiger partial charge in [0.15, 0.2) is 0 Å². The summed E-state index contributed by atoms with van der Waals surface area (Å²) in [7, 11) is 0. The second-order valence-electron chi connectivity index (χ2n) is 5.19. The minimum Gasteiger partial charge on any atom is -0.369 e. The molecule has 1 saturated heterocycles. The Morgan fingerprint density at radius 1 is 1.38 bits per heavy atom. The Kier molecular flexibility index (Phi) is 6.42. The molecule has 1 heterocycles. The number of benzene rings is 1. The van der Waals surface area contributed by atoms with Gasteiger partial charge in [0, 0.05) is 6.08 Å². The predicted molar refractivity (Wildman–Crippen MR) is 83.6 cm³/mol. The summed E-state index contributed by atoms with van der Waals surface area (Å²) in [4.78, 5) is 0. The first-order chi connectivity index (χ1) is 10.3. The van der Waals surface area contributed by atoms with Crippen molar-refractivity contribution < 1.29 is 9.13 Å². The average molecular weight is 287 g/mol. The van der Waals surface area contributed by atoms with Crippen LogP contribution in [0.4, 0.5) is 4.39 Å². The van der Waals surface area contributed by atoms with Gasteiger partial charge in [-0.05, 0) is 43.5 Å². The first-order valence-corrected chi connectivity index (χ1v) is 7.40. The van der Waals surface area contributed by atoms with Crippen LogP contribution >= 0.6 is 0 Å². The molecule has 1 aromatic rings. The highest BCUT2D eigenvalue weighted by Gasteiger charge is 2.25. The molecule has 0 radical (unpaired) electrons. The van der Waals surface area contributed by atoms with E-state index in [1.165, 1.54) is 12.2 Å². The Morgan fingerprint density at radius 2 is 2.10 bits per heavy atom. The van der Waals surface area contributed by atoms with Crippen LogP contribution in [0.1, 0.15) is 24.5 Å². The van der Waals surface area contributed by atoms with E-state index in [4.69, 9.17) is 4.74 Å². The molecule has 0 aliphatic carbocycles. The second-order valence-corrected chi connectivity index (χ2v) is 5.19. The third-order valence-corrected chi connectivity index (χ3v) is 3.73. The third kappa shape index (κ3) is 4.98. The topological polar surface area (TPSA) is 21.3 Å². The van der Waals surface area contributed by atoms with Gasteiger partial charge in [-0.15, -0.1) is 5.73 Å². The maximum absolute atomic E-state index is 13.3. The molecular formula is C18H22FNO. The van der Waals surface area contributed by atoms with Crippen molar-refractivity contribution in [1.29, 1.82) is 0 Å². The van der Waals surface area contributed by atoms with Gasteiger partial charge in [-0.1, -0.05) is 36.9 Å². The van der Waals surface area contributed by atoms with Crippen LogP contribution in [0.5, 0.6) is 0 Å². The first kappa shape index (κ1) is 15.7. The fourth-order valence-corrected chi connectivity index (χ4v) is 2.68. The van der Waals surface area contributed by atoms with E-state index in [0.29, 0.717) is 5.92 Å². The van der Waals surface area contributed by atoms with Crippen LogP contribution in [-0.4, -0.2) is 19.7 Å². The molecule has 1 unspecified atom stereocenters. The normalized spacial score (nSPS) is 18.0. The summed E-state index contributed by atoms with van der Waals surface area (Å²) < 4.78 is 19.3. The van der Waals surface area contributed by atoms with Gasteiger partial charge in [0.2, 0.25) is 0 Å². The molecule has 1 atom stereocenters. The van der Waals surface area contributed by atoms with Crippen molar-refractivity contribution in [2.75, 3.05) is 19.7 Å². The van der Waals surface area contributed by atoms with E-state index >= 15 is 0 Å². The number of rotatable bonds is 6. The molecule has 2 rings (SSSR count). The van der Waals surface area contributed by atoms with Gasteiger partial charge in [-0.2, -0.15) is 0 Å². The Morgan fingerprint density at radius 3 is 2.76 bits per heavy atom. The summed E-state index contributed by atoms with van der Waals surface area (Å²) in [5.41, 5.74) is 3.58. The molecule has 112 valence electrons. The molecule has 0 spiro atoms.